The Bertz CT molecular complexity index is 599. The number of rotatable bonds is 6. The van der Waals surface area contributed by atoms with Gasteiger partial charge in [-0.2, -0.15) is 0 Å². The summed E-state index contributed by atoms with van der Waals surface area (Å²) in [4.78, 5) is 25.2. The Morgan fingerprint density at radius 1 is 1.18 bits per heavy atom. The van der Waals surface area contributed by atoms with Crippen LogP contribution in [0.15, 0.2) is 47.6 Å². The van der Waals surface area contributed by atoms with Crippen molar-refractivity contribution in [1.82, 2.24) is 5.48 Å². The average Bonchev–Trinajstić information content (AvgIpc) is 2.51. The van der Waals surface area contributed by atoms with Crippen LogP contribution in [0.25, 0.3) is 0 Å². The number of hydroxylamine groups is 1. The summed E-state index contributed by atoms with van der Waals surface area (Å²) in [6.07, 6.45) is 3.45. The van der Waals surface area contributed by atoms with E-state index >= 15 is 0 Å². The molecule has 0 aliphatic heterocycles. The highest BCUT2D eigenvalue weighted by Gasteiger charge is 2.08. The Labute approximate surface area is 130 Å². The van der Waals surface area contributed by atoms with E-state index in [1.54, 1.807) is 43.6 Å². The summed E-state index contributed by atoms with van der Waals surface area (Å²) in [5.41, 5.74) is 4.60. The lowest BCUT2D eigenvalue weighted by Gasteiger charge is -2.12. The number of ketones is 1. The van der Waals surface area contributed by atoms with Crippen LogP contribution in [0.1, 0.15) is 30.6 Å². The third-order valence-corrected chi connectivity index (χ3v) is 3.18. The van der Waals surface area contributed by atoms with E-state index in [0.29, 0.717) is 11.1 Å². The van der Waals surface area contributed by atoms with E-state index in [2.05, 4.69) is 0 Å². The lowest BCUT2D eigenvalue weighted by atomic mass is 10.0. The number of hydrogen-bond acceptors (Lipinski definition) is 4. The van der Waals surface area contributed by atoms with Crippen LogP contribution in [0.5, 0.6) is 0 Å². The fourth-order valence-corrected chi connectivity index (χ4v) is 1.90. The van der Waals surface area contributed by atoms with Crippen molar-refractivity contribution in [3.63, 3.8) is 0 Å². The highest BCUT2D eigenvalue weighted by Crippen LogP contribution is 2.16. The number of Topliss-reactive ketones (excluding diaryl/α,β-unsaturated/α-hetero) is 1. The third kappa shape index (κ3) is 5.18. The van der Waals surface area contributed by atoms with Gasteiger partial charge in [-0.05, 0) is 43.7 Å². The number of carbonyl (C=O) groups excluding carboxylic acids is 2. The third-order valence-electron chi connectivity index (χ3n) is 3.18. The second-order valence-corrected chi connectivity index (χ2v) is 5.29. The molecule has 22 heavy (non-hydrogen) atoms. The molecule has 1 rings (SSSR count). The molecular weight excluding hydrogens is 280 g/mol. The molecule has 0 heterocycles. The molecule has 0 saturated heterocycles. The van der Waals surface area contributed by atoms with Crippen molar-refractivity contribution >= 4 is 17.4 Å². The van der Waals surface area contributed by atoms with Gasteiger partial charge in [0.15, 0.2) is 5.78 Å². The van der Waals surface area contributed by atoms with E-state index in [0.717, 1.165) is 11.3 Å². The van der Waals surface area contributed by atoms with Gasteiger partial charge in [-0.15, -0.1) is 0 Å². The fourth-order valence-electron chi connectivity index (χ4n) is 1.90. The molecule has 1 aromatic rings. The summed E-state index contributed by atoms with van der Waals surface area (Å²) in [5.74, 6) is -0.541. The minimum atomic E-state index is -0.490. The number of hydrogen-bond donors (Lipinski definition) is 2. The van der Waals surface area contributed by atoms with E-state index in [4.69, 9.17) is 5.21 Å². The molecule has 0 saturated carbocycles. The molecule has 0 atom stereocenters. The van der Waals surface area contributed by atoms with Crippen LogP contribution >= 0.6 is 0 Å². The molecular formula is C17H22N2O3. The maximum Gasteiger partial charge on any atom is 0.247 e. The van der Waals surface area contributed by atoms with E-state index in [9.17, 15) is 9.59 Å². The Balaban J connectivity index is 2.83. The summed E-state index contributed by atoms with van der Waals surface area (Å²) in [6, 6.07) is 7.39. The predicted molar refractivity (Wildman–Crippen MR) is 87.2 cm³/mol. The lowest BCUT2D eigenvalue weighted by molar-refractivity contribution is -0.128. The van der Waals surface area contributed by atoms with Crippen LogP contribution in [0.2, 0.25) is 0 Å². The van der Waals surface area contributed by atoms with Gasteiger partial charge in [0, 0.05) is 31.8 Å². The molecule has 2 N–H and O–H groups in total. The Hall–Kier alpha value is -2.40. The molecule has 118 valence electrons. The number of benzene rings is 1. The van der Waals surface area contributed by atoms with E-state index in [1.807, 2.05) is 31.1 Å². The van der Waals surface area contributed by atoms with Crippen molar-refractivity contribution in [2.75, 3.05) is 19.0 Å². The summed E-state index contributed by atoms with van der Waals surface area (Å²) in [5, 5.41) is 8.43. The molecule has 0 fully saturated rings. The zero-order chi connectivity index (χ0) is 16.7. The molecule has 0 radical (unpaired) electrons. The SMILES string of the molecule is CC(=C\CC(=O)NO)/C=C(\C)C(=O)c1ccc(N(C)C)cc1. The maximum absolute atomic E-state index is 12.3. The number of carbonyl (C=O) groups is 2. The van der Waals surface area contributed by atoms with Crippen LogP contribution in [0, 0.1) is 0 Å². The zero-order valence-electron chi connectivity index (χ0n) is 13.4. The van der Waals surface area contributed by atoms with Crippen molar-refractivity contribution in [3.8, 4) is 0 Å². The minimum absolute atomic E-state index is 0.0512. The quantitative estimate of drug-likeness (QED) is 0.279. The highest BCUT2D eigenvalue weighted by molar-refractivity contribution is 6.08. The fraction of sp³-hybridized carbons (Fsp3) is 0.294. The van der Waals surface area contributed by atoms with Crippen LogP contribution in [0.3, 0.4) is 0 Å². The van der Waals surface area contributed by atoms with Crippen molar-refractivity contribution in [1.29, 1.82) is 0 Å². The number of anilines is 1. The monoisotopic (exact) mass is 302 g/mol. The molecule has 1 aromatic carbocycles. The second kappa shape index (κ2) is 8.14. The summed E-state index contributed by atoms with van der Waals surface area (Å²) >= 11 is 0. The molecule has 0 aliphatic rings. The number of nitrogens with zero attached hydrogens (tertiary/aromatic N) is 1. The van der Waals surface area contributed by atoms with Crippen LogP contribution in [-0.4, -0.2) is 31.0 Å². The van der Waals surface area contributed by atoms with Gasteiger partial charge < -0.3 is 4.90 Å². The van der Waals surface area contributed by atoms with Crippen molar-refractivity contribution in [3.05, 3.63) is 53.1 Å². The smallest absolute Gasteiger partial charge is 0.247 e. The predicted octanol–water partition coefficient (Wildman–Crippen LogP) is 2.72. The second-order valence-electron chi connectivity index (χ2n) is 5.29. The normalized spacial score (nSPS) is 12.0. The van der Waals surface area contributed by atoms with Gasteiger partial charge in [0.25, 0.3) is 0 Å². The summed E-state index contributed by atoms with van der Waals surface area (Å²) in [7, 11) is 3.89. The van der Waals surface area contributed by atoms with Gasteiger partial charge in [-0.25, -0.2) is 5.48 Å². The molecule has 1 amide bonds. The molecule has 0 unspecified atom stereocenters. The van der Waals surface area contributed by atoms with Crippen molar-refractivity contribution in [2.24, 2.45) is 0 Å². The first-order valence-electron chi connectivity index (χ1n) is 6.95. The first-order valence-corrected chi connectivity index (χ1v) is 6.95. The van der Waals surface area contributed by atoms with Gasteiger partial charge in [0.2, 0.25) is 5.91 Å². The first-order chi connectivity index (χ1) is 10.3. The molecule has 0 spiro atoms. The summed E-state index contributed by atoms with van der Waals surface area (Å²) < 4.78 is 0. The topological polar surface area (TPSA) is 69.6 Å². The van der Waals surface area contributed by atoms with E-state index in [1.165, 1.54) is 0 Å². The number of allylic oxidation sites excluding steroid dienone is 3. The van der Waals surface area contributed by atoms with Gasteiger partial charge >= 0.3 is 0 Å². The average molecular weight is 302 g/mol. The molecule has 5 nitrogen and oxygen atoms in total. The molecule has 0 aromatic heterocycles. The van der Waals surface area contributed by atoms with E-state index < -0.39 is 5.91 Å². The van der Waals surface area contributed by atoms with Crippen LogP contribution in [-0.2, 0) is 4.79 Å². The molecule has 5 heteroatoms. The Morgan fingerprint density at radius 2 is 1.77 bits per heavy atom. The number of amides is 1. The van der Waals surface area contributed by atoms with Gasteiger partial charge in [-0.3, -0.25) is 14.8 Å². The molecule has 0 bridgehead atoms. The minimum Gasteiger partial charge on any atom is -0.378 e. The van der Waals surface area contributed by atoms with Gasteiger partial charge in [-0.1, -0.05) is 17.7 Å². The standard InChI is InChI=1S/C17H22N2O3/c1-12(5-10-16(20)18-22)11-13(2)17(21)14-6-8-15(9-7-14)19(3)4/h5-9,11,22H,10H2,1-4H3,(H,18,20)/b12-5+,13-11+. The Kier molecular flexibility index (Phi) is 6.53. The Morgan fingerprint density at radius 3 is 2.27 bits per heavy atom. The highest BCUT2D eigenvalue weighted by atomic mass is 16.5. The van der Waals surface area contributed by atoms with Gasteiger partial charge in [0.05, 0.1) is 0 Å². The van der Waals surface area contributed by atoms with Crippen molar-refractivity contribution < 1.29 is 14.8 Å². The van der Waals surface area contributed by atoms with Crippen LogP contribution in [0.4, 0.5) is 5.69 Å². The molecule has 0 aliphatic carbocycles. The number of nitrogens with one attached hydrogen (secondary N) is 1. The van der Waals surface area contributed by atoms with E-state index in [-0.39, 0.29) is 12.2 Å². The lowest BCUT2D eigenvalue weighted by Crippen LogP contribution is -2.17. The first kappa shape index (κ1) is 17.7. The maximum atomic E-state index is 12.3. The zero-order valence-corrected chi connectivity index (χ0v) is 13.4. The van der Waals surface area contributed by atoms with Crippen LogP contribution < -0.4 is 10.4 Å². The summed E-state index contributed by atoms with van der Waals surface area (Å²) in [6.45, 7) is 3.54. The largest absolute Gasteiger partial charge is 0.378 e. The van der Waals surface area contributed by atoms with Gasteiger partial charge in [0.1, 0.15) is 0 Å². The van der Waals surface area contributed by atoms with Crippen molar-refractivity contribution in [2.45, 2.75) is 20.3 Å².